The van der Waals surface area contributed by atoms with Gasteiger partial charge in [-0.2, -0.15) is 42.1 Å². The molecular formula is C20H35Na5O35S5. The quantitative estimate of drug-likeness (QED) is 0.0398. The van der Waals surface area contributed by atoms with E-state index in [0.717, 1.165) is 0 Å². The molecule has 0 aliphatic carbocycles. The molecule has 0 amide bonds. The molecule has 0 aromatic heterocycles. The molecule has 0 saturated heterocycles. The first-order valence-corrected chi connectivity index (χ1v) is 20.8. The van der Waals surface area contributed by atoms with E-state index >= 15 is 0 Å². The fraction of sp³-hybridized carbons (Fsp3) is 0.500. The van der Waals surface area contributed by atoms with Gasteiger partial charge >= 0.3 is 207 Å². The number of hydrogen-bond donors (Lipinski definition) is 15. The molecule has 0 fully saturated rings. The van der Waals surface area contributed by atoms with Crippen LogP contribution >= 0.6 is 0 Å². The molecule has 45 heteroatoms. The molecular weight excluding hydrogens is 1080 g/mol. The zero-order chi connectivity index (χ0) is 49.7. The summed E-state index contributed by atoms with van der Waals surface area (Å²) >= 11 is 0. The maximum absolute atomic E-state index is 10.2. The van der Waals surface area contributed by atoms with E-state index in [-0.39, 0.29) is 148 Å². The first kappa shape index (κ1) is 87.3. The second-order valence-corrected chi connectivity index (χ2v) is 17.7. The van der Waals surface area contributed by atoms with Gasteiger partial charge in [-0.3, -0.25) is 70.7 Å². The molecule has 0 aliphatic heterocycles. The summed E-state index contributed by atoms with van der Waals surface area (Å²) in [6, 6.07) is 0. The third-order valence-electron chi connectivity index (χ3n) is 4.98. The van der Waals surface area contributed by atoms with Gasteiger partial charge in [0.05, 0.1) is 32.1 Å². The molecule has 0 bridgehead atoms. The molecule has 35 nitrogen and oxygen atoms in total. The van der Waals surface area contributed by atoms with E-state index in [4.69, 9.17) is 73.8 Å². The SMILES string of the molecule is O=C(O)CC(C(=O)O)S(=O)(=O)O.O=C(O)CC(C(=O)O)S(=O)(=O)O.O=C(O)CC(C(=O)O)S(=O)(=O)O.O=C(O)CC(C(=O)O)S(=O)(=O)O.O=C(O)CC(C(=O)O)S(=O)(=O)O.[NaH].[NaH].[NaH].[NaH].[NaH]. The molecule has 0 rings (SSSR count). The van der Waals surface area contributed by atoms with Crippen molar-refractivity contribution in [3.05, 3.63) is 0 Å². The Morgan fingerprint density at radius 3 is 0.338 bits per heavy atom. The van der Waals surface area contributed by atoms with Crippen LogP contribution in [0.2, 0.25) is 0 Å². The molecule has 0 aromatic carbocycles. The van der Waals surface area contributed by atoms with Crippen LogP contribution in [0.3, 0.4) is 0 Å². The van der Waals surface area contributed by atoms with Crippen molar-refractivity contribution in [1.82, 2.24) is 0 Å². The normalized spacial score (nSPS) is 12.7. The Hall–Kier alpha value is -0.750. The van der Waals surface area contributed by atoms with Gasteiger partial charge in [-0.15, -0.1) is 0 Å². The number of carboxylic acid groups (broad SMARTS) is 10. The van der Waals surface area contributed by atoms with Gasteiger partial charge in [-0.1, -0.05) is 0 Å². The van der Waals surface area contributed by atoms with Gasteiger partial charge < -0.3 is 51.1 Å². The fourth-order valence-electron chi connectivity index (χ4n) is 2.39. The van der Waals surface area contributed by atoms with E-state index < -0.39 is 169 Å². The van der Waals surface area contributed by atoms with Crippen LogP contribution in [-0.4, -0.2) is 350 Å². The zero-order valence-electron chi connectivity index (χ0n) is 28.3. The summed E-state index contributed by atoms with van der Waals surface area (Å²) in [4.78, 5) is 100. The van der Waals surface area contributed by atoms with Crippen molar-refractivity contribution in [2.45, 2.75) is 58.4 Å². The predicted octanol–water partition coefficient (Wildman–Crippen LogP) is -9.23. The molecule has 0 heterocycles. The van der Waals surface area contributed by atoms with Crippen molar-refractivity contribution in [3.8, 4) is 0 Å². The molecule has 15 N–H and O–H groups in total. The van der Waals surface area contributed by atoms with Crippen LogP contribution < -0.4 is 0 Å². The molecule has 360 valence electrons. The topological polar surface area (TPSA) is 645 Å². The summed E-state index contributed by atoms with van der Waals surface area (Å²) in [6.45, 7) is 0. The van der Waals surface area contributed by atoms with Crippen molar-refractivity contribution in [2.24, 2.45) is 0 Å². The minimum absolute atomic E-state index is 0. The first-order valence-electron chi connectivity index (χ1n) is 13.3. The average Bonchev–Trinajstić information content (AvgIpc) is 2.96. The Kier molecular flexibility index (Phi) is 52.4. The van der Waals surface area contributed by atoms with E-state index in [1.54, 1.807) is 0 Å². The van der Waals surface area contributed by atoms with E-state index in [9.17, 15) is 90.0 Å². The number of aliphatic carboxylic acids is 10. The van der Waals surface area contributed by atoms with E-state index in [0.29, 0.717) is 0 Å². The molecule has 0 aliphatic rings. The minimum atomic E-state index is -4.84. The summed E-state index contributed by atoms with van der Waals surface area (Å²) in [7, 11) is -24.2. The van der Waals surface area contributed by atoms with Crippen LogP contribution in [0, 0.1) is 0 Å². The molecule has 0 aromatic rings. The third-order valence-corrected chi connectivity index (χ3v) is 10.4. The Bertz CT molecular complexity index is 1830. The van der Waals surface area contributed by atoms with Crippen LogP contribution in [0.15, 0.2) is 0 Å². The standard InChI is InChI=1S/5C4H6O7S.5Na.5H/c5*5-3(6)1-2(4(7)8)12(9,10)11;;;;;;;;;;/h5*2H,1H2,(H,5,6)(H,7,8)(H,9,10,11);;;;;;;;;;. The summed E-state index contributed by atoms with van der Waals surface area (Å²) < 4.78 is 143. The predicted molar refractivity (Wildman–Crippen MR) is 212 cm³/mol. The van der Waals surface area contributed by atoms with Crippen LogP contribution in [0.5, 0.6) is 0 Å². The Balaban J connectivity index is -0.0000000713. The van der Waals surface area contributed by atoms with Crippen molar-refractivity contribution in [1.29, 1.82) is 0 Å². The van der Waals surface area contributed by atoms with Crippen LogP contribution in [0.25, 0.3) is 0 Å². The fourth-order valence-corrected chi connectivity index (χ4v) is 5.43. The zero-order valence-corrected chi connectivity index (χ0v) is 32.4. The second-order valence-electron chi connectivity index (χ2n) is 9.70. The van der Waals surface area contributed by atoms with Crippen molar-refractivity contribution in [3.63, 3.8) is 0 Å². The molecule has 0 saturated carbocycles. The first-order chi connectivity index (χ1) is 26.2. The number of carbonyl (C=O) groups is 10. The van der Waals surface area contributed by atoms with E-state index in [1.807, 2.05) is 0 Å². The molecule has 5 atom stereocenters. The van der Waals surface area contributed by atoms with Gasteiger partial charge in [0.25, 0.3) is 50.6 Å². The van der Waals surface area contributed by atoms with E-state index in [1.165, 1.54) is 0 Å². The van der Waals surface area contributed by atoms with Crippen LogP contribution in [-0.2, 0) is 98.5 Å². The maximum atomic E-state index is 10.2. The van der Waals surface area contributed by atoms with Gasteiger partial charge in [0.1, 0.15) is 0 Å². The molecule has 0 spiro atoms. The third kappa shape index (κ3) is 49.5. The van der Waals surface area contributed by atoms with Crippen molar-refractivity contribution < 1.29 is 164 Å². The summed E-state index contributed by atoms with van der Waals surface area (Å²) in [5.74, 6) is -17.5. The summed E-state index contributed by atoms with van der Waals surface area (Å²) in [5.41, 5.74) is 0. The monoisotopic (exact) mass is 1110 g/mol. The van der Waals surface area contributed by atoms with Gasteiger partial charge in [-0.25, -0.2) is 0 Å². The number of rotatable bonds is 20. The van der Waals surface area contributed by atoms with Gasteiger partial charge in [0.2, 0.25) is 0 Å². The second kappa shape index (κ2) is 39.0. The average molecular weight is 1110 g/mol. The Morgan fingerprint density at radius 1 is 0.246 bits per heavy atom. The molecule has 65 heavy (non-hydrogen) atoms. The number of carboxylic acids is 10. The molecule has 0 radical (unpaired) electrons. The van der Waals surface area contributed by atoms with E-state index in [2.05, 4.69) is 0 Å². The van der Waals surface area contributed by atoms with Gasteiger partial charge in [0, 0.05) is 0 Å². The Morgan fingerprint density at radius 2 is 0.323 bits per heavy atom. The van der Waals surface area contributed by atoms with Gasteiger partial charge in [-0.05, 0) is 0 Å². The Labute approximate surface area is 473 Å². The van der Waals surface area contributed by atoms with Crippen LogP contribution in [0.1, 0.15) is 32.1 Å². The molecule has 5 unspecified atom stereocenters. The van der Waals surface area contributed by atoms with Crippen molar-refractivity contribution >= 4 is 258 Å². The van der Waals surface area contributed by atoms with Crippen LogP contribution in [0.4, 0.5) is 0 Å². The van der Waals surface area contributed by atoms with Gasteiger partial charge in [0.15, 0.2) is 26.2 Å². The summed E-state index contributed by atoms with van der Waals surface area (Å²) in [6.07, 6.45) is -5.79. The number of hydrogen-bond acceptors (Lipinski definition) is 20. The summed E-state index contributed by atoms with van der Waals surface area (Å²) in [5, 5.41) is 69.6. The van der Waals surface area contributed by atoms with Crippen molar-refractivity contribution in [2.75, 3.05) is 0 Å².